The number of methoxy groups -OCH3 is 1. The molecule has 1 aromatic heterocycles. The number of benzene rings is 1. The number of likely N-dealkylation sites (tertiary alicyclic amines) is 1. The van der Waals surface area contributed by atoms with E-state index >= 15 is 0 Å². The number of hydrogen-bond acceptors (Lipinski definition) is 6. The Morgan fingerprint density at radius 2 is 1.88 bits per heavy atom. The predicted molar refractivity (Wildman–Crippen MR) is 102 cm³/mol. The molecule has 3 rings (SSSR count). The van der Waals surface area contributed by atoms with Crippen LogP contribution in [0.1, 0.15) is 25.1 Å². The number of thioether (sulfide) groups is 1. The molecule has 7 heteroatoms. The van der Waals surface area contributed by atoms with Gasteiger partial charge in [0.25, 0.3) is 0 Å². The molecule has 0 unspecified atom stereocenters. The molecule has 6 nitrogen and oxygen atoms in total. The fourth-order valence-electron chi connectivity index (χ4n) is 2.96. The molecule has 2 aromatic rings. The van der Waals surface area contributed by atoms with Gasteiger partial charge in [0, 0.05) is 25.0 Å². The summed E-state index contributed by atoms with van der Waals surface area (Å²) >= 11 is 1.79. The van der Waals surface area contributed by atoms with Crippen molar-refractivity contribution in [3.63, 3.8) is 0 Å². The Bertz CT molecular complexity index is 652. The maximum Gasteiger partial charge on any atom is 0.191 e. The molecule has 0 saturated carbocycles. The number of rotatable bonds is 8. The molecule has 25 heavy (non-hydrogen) atoms. The number of nitrogens with zero attached hydrogens (tertiary/aromatic N) is 4. The molecular weight excluding hydrogens is 334 g/mol. The lowest BCUT2D eigenvalue weighted by Gasteiger charge is -2.25. The first-order chi connectivity index (χ1) is 12.3. The largest absolute Gasteiger partial charge is 0.497 e. The summed E-state index contributed by atoms with van der Waals surface area (Å²) in [6.07, 6.45) is 4.07. The van der Waals surface area contributed by atoms with Crippen LogP contribution in [-0.2, 0) is 13.6 Å². The first kappa shape index (κ1) is 18.1. The highest BCUT2D eigenvalue weighted by Crippen LogP contribution is 2.19. The maximum atomic E-state index is 5.18. The molecule has 0 atom stereocenters. The van der Waals surface area contributed by atoms with Crippen molar-refractivity contribution in [1.82, 2.24) is 19.7 Å². The van der Waals surface area contributed by atoms with Gasteiger partial charge < -0.3 is 19.5 Å². The van der Waals surface area contributed by atoms with E-state index in [1.54, 1.807) is 18.9 Å². The van der Waals surface area contributed by atoms with Crippen molar-refractivity contribution < 1.29 is 4.74 Å². The average Bonchev–Trinajstić information content (AvgIpc) is 3.01. The monoisotopic (exact) mass is 361 g/mol. The van der Waals surface area contributed by atoms with E-state index in [0.29, 0.717) is 6.54 Å². The van der Waals surface area contributed by atoms with Crippen LogP contribution >= 0.6 is 11.8 Å². The fraction of sp³-hybridized carbons (Fsp3) is 0.556. The van der Waals surface area contributed by atoms with Gasteiger partial charge in [0.1, 0.15) is 5.75 Å². The van der Waals surface area contributed by atoms with Crippen LogP contribution in [0.4, 0.5) is 5.69 Å². The summed E-state index contributed by atoms with van der Waals surface area (Å²) in [6, 6.07) is 7.90. The topological polar surface area (TPSA) is 55.2 Å². The minimum absolute atomic E-state index is 0.655. The third-order valence-corrected chi connectivity index (χ3v) is 5.55. The van der Waals surface area contributed by atoms with Gasteiger partial charge in [-0.2, -0.15) is 0 Å². The molecule has 1 aliphatic heterocycles. The van der Waals surface area contributed by atoms with Gasteiger partial charge in [0.15, 0.2) is 11.0 Å². The van der Waals surface area contributed by atoms with Crippen LogP contribution in [-0.4, -0.2) is 52.2 Å². The van der Waals surface area contributed by atoms with E-state index in [1.807, 2.05) is 31.3 Å². The first-order valence-corrected chi connectivity index (χ1v) is 9.86. The molecule has 0 amide bonds. The molecule has 1 aliphatic rings. The van der Waals surface area contributed by atoms with Crippen molar-refractivity contribution in [2.45, 2.75) is 31.0 Å². The van der Waals surface area contributed by atoms with Crippen LogP contribution in [0.2, 0.25) is 0 Å². The molecule has 1 saturated heterocycles. The zero-order valence-corrected chi connectivity index (χ0v) is 15.9. The summed E-state index contributed by atoms with van der Waals surface area (Å²) in [4.78, 5) is 2.55. The van der Waals surface area contributed by atoms with Gasteiger partial charge in [0.2, 0.25) is 0 Å². The highest BCUT2D eigenvalue weighted by molar-refractivity contribution is 7.99. The molecule has 2 heterocycles. The summed E-state index contributed by atoms with van der Waals surface area (Å²) in [5.41, 5.74) is 1.04. The van der Waals surface area contributed by atoms with Gasteiger partial charge >= 0.3 is 0 Å². The lowest BCUT2D eigenvalue weighted by molar-refractivity contribution is 0.242. The second-order valence-electron chi connectivity index (χ2n) is 6.29. The number of hydrogen-bond donors (Lipinski definition) is 1. The van der Waals surface area contributed by atoms with Gasteiger partial charge in [-0.1, -0.05) is 18.2 Å². The Hall–Kier alpha value is -1.73. The summed E-state index contributed by atoms with van der Waals surface area (Å²) in [5.74, 6) is 2.87. The molecule has 1 N–H and O–H groups in total. The third kappa shape index (κ3) is 5.12. The highest BCUT2D eigenvalue weighted by atomic mass is 32.2. The smallest absolute Gasteiger partial charge is 0.191 e. The number of anilines is 1. The normalized spacial score (nSPS) is 15.3. The van der Waals surface area contributed by atoms with Crippen molar-refractivity contribution >= 4 is 17.4 Å². The predicted octanol–water partition coefficient (Wildman–Crippen LogP) is 3.01. The standard InChI is InChI=1S/C18H27N5OS/c1-22-17(14-19-15-6-8-16(24-2)9-7-15)20-21-18(22)25-13-12-23-10-4-3-5-11-23/h6-9,19H,3-5,10-14H2,1-2H3. The van der Waals surface area contributed by atoms with Crippen molar-refractivity contribution in [2.75, 3.05) is 37.8 Å². The van der Waals surface area contributed by atoms with Crippen LogP contribution in [0, 0.1) is 0 Å². The zero-order chi connectivity index (χ0) is 17.5. The van der Waals surface area contributed by atoms with E-state index in [2.05, 4.69) is 25.0 Å². The van der Waals surface area contributed by atoms with Crippen LogP contribution in [0.25, 0.3) is 0 Å². The fourth-order valence-corrected chi connectivity index (χ4v) is 3.89. The molecule has 136 valence electrons. The van der Waals surface area contributed by atoms with E-state index in [9.17, 15) is 0 Å². The van der Waals surface area contributed by atoms with Crippen LogP contribution in [0.3, 0.4) is 0 Å². The summed E-state index contributed by atoms with van der Waals surface area (Å²) in [5, 5.41) is 13.0. The van der Waals surface area contributed by atoms with Gasteiger partial charge in [-0.05, 0) is 50.2 Å². The van der Waals surface area contributed by atoms with Crippen molar-refractivity contribution in [1.29, 1.82) is 0 Å². The number of aromatic nitrogens is 3. The molecule has 1 fully saturated rings. The van der Waals surface area contributed by atoms with E-state index in [0.717, 1.165) is 34.7 Å². The molecule has 0 bridgehead atoms. The Labute approximate surface area is 154 Å². The van der Waals surface area contributed by atoms with Crippen molar-refractivity contribution in [3.05, 3.63) is 30.1 Å². The summed E-state index contributed by atoms with van der Waals surface area (Å²) in [7, 11) is 3.71. The van der Waals surface area contributed by atoms with Crippen LogP contribution in [0.15, 0.2) is 29.4 Å². The molecule has 0 spiro atoms. The number of ether oxygens (including phenoxy) is 1. The minimum atomic E-state index is 0.655. The van der Waals surface area contributed by atoms with Gasteiger partial charge in [-0.25, -0.2) is 0 Å². The van der Waals surface area contributed by atoms with Gasteiger partial charge in [0.05, 0.1) is 13.7 Å². The molecular formula is C18H27N5OS. The highest BCUT2D eigenvalue weighted by Gasteiger charge is 2.12. The van der Waals surface area contributed by atoms with Crippen LogP contribution in [0.5, 0.6) is 5.75 Å². The van der Waals surface area contributed by atoms with Crippen molar-refractivity contribution in [3.8, 4) is 5.75 Å². The van der Waals surface area contributed by atoms with Crippen LogP contribution < -0.4 is 10.1 Å². The minimum Gasteiger partial charge on any atom is -0.497 e. The molecule has 0 radical (unpaired) electrons. The third-order valence-electron chi connectivity index (χ3n) is 4.55. The Morgan fingerprint density at radius 3 is 2.60 bits per heavy atom. The quantitative estimate of drug-likeness (QED) is 0.730. The summed E-state index contributed by atoms with van der Waals surface area (Å²) in [6.45, 7) is 4.28. The maximum absolute atomic E-state index is 5.18. The Morgan fingerprint density at radius 1 is 1.12 bits per heavy atom. The SMILES string of the molecule is COc1ccc(NCc2nnc(SCCN3CCCCC3)n2C)cc1. The van der Waals surface area contributed by atoms with Crippen molar-refractivity contribution in [2.24, 2.45) is 7.05 Å². The zero-order valence-electron chi connectivity index (χ0n) is 15.1. The average molecular weight is 362 g/mol. The van der Waals surface area contributed by atoms with E-state index in [4.69, 9.17) is 4.74 Å². The van der Waals surface area contributed by atoms with Gasteiger partial charge in [-0.15, -0.1) is 10.2 Å². The first-order valence-electron chi connectivity index (χ1n) is 8.87. The molecule has 1 aromatic carbocycles. The van der Waals surface area contributed by atoms with E-state index < -0.39 is 0 Å². The van der Waals surface area contributed by atoms with E-state index in [1.165, 1.54) is 32.4 Å². The second-order valence-corrected chi connectivity index (χ2v) is 7.35. The Kier molecular flexibility index (Phi) is 6.58. The lowest BCUT2D eigenvalue weighted by atomic mass is 10.1. The second kappa shape index (κ2) is 9.10. The number of nitrogens with one attached hydrogen (secondary N) is 1. The Balaban J connectivity index is 1.46. The lowest BCUT2D eigenvalue weighted by Crippen LogP contribution is -2.31. The molecule has 0 aliphatic carbocycles. The van der Waals surface area contributed by atoms with Gasteiger partial charge in [-0.3, -0.25) is 0 Å². The van der Waals surface area contributed by atoms with E-state index in [-0.39, 0.29) is 0 Å². The summed E-state index contributed by atoms with van der Waals surface area (Å²) < 4.78 is 7.26. The number of piperidine rings is 1.